The SMILES string of the molecule is CC(C)c1nc2c(s1)=CCCC=2. The molecule has 2 heteroatoms. The molecule has 1 nitrogen and oxygen atoms in total. The molecule has 64 valence electrons. The maximum absolute atomic E-state index is 4.58. The molecule has 2 rings (SSSR count). The average Bonchev–Trinajstić information content (AvgIpc) is 2.46. The lowest BCUT2D eigenvalue weighted by atomic mass is 10.2. The molecule has 1 aromatic heterocycles. The van der Waals surface area contributed by atoms with Crippen molar-refractivity contribution < 1.29 is 0 Å². The first-order valence-corrected chi connectivity index (χ1v) is 5.26. The van der Waals surface area contributed by atoms with Gasteiger partial charge in [0.2, 0.25) is 0 Å². The predicted molar refractivity (Wildman–Crippen MR) is 53.6 cm³/mol. The van der Waals surface area contributed by atoms with Crippen LogP contribution in [-0.2, 0) is 0 Å². The summed E-state index contributed by atoms with van der Waals surface area (Å²) in [6.45, 7) is 4.40. The minimum atomic E-state index is 0.572. The summed E-state index contributed by atoms with van der Waals surface area (Å²) in [5.74, 6) is 0.572. The summed E-state index contributed by atoms with van der Waals surface area (Å²) in [4.78, 5) is 4.58. The van der Waals surface area contributed by atoms with Crippen molar-refractivity contribution in [1.29, 1.82) is 0 Å². The van der Waals surface area contributed by atoms with Gasteiger partial charge in [0, 0.05) is 5.92 Å². The molecule has 0 unspecified atom stereocenters. The van der Waals surface area contributed by atoms with Gasteiger partial charge in [-0.25, -0.2) is 4.98 Å². The van der Waals surface area contributed by atoms with Gasteiger partial charge in [-0.2, -0.15) is 0 Å². The Kier molecular flexibility index (Phi) is 2.01. The van der Waals surface area contributed by atoms with Crippen molar-refractivity contribution in [2.75, 3.05) is 0 Å². The van der Waals surface area contributed by atoms with Crippen molar-refractivity contribution >= 4 is 23.5 Å². The molecule has 0 saturated heterocycles. The first-order chi connectivity index (χ1) is 5.77. The van der Waals surface area contributed by atoms with Gasteiger partial charge in [0.1, 0.15) is 0 Å². The lowest BCUT2D eigenvalue weighted by Gasteiger charge is -1.94. The maximum Gasteiger partial charge on any atom is 0.0963 e. The van der Waals surface area contributed by atoms with Gasteiger partial charge < -0.3 is 0 Å². The smallest absolute Gasteiger partial charge is 0.0963 e. The van der Waals surface area contributed by atoms with Gasteiger partial charge in [0.25, 0.3) is 0 Å². The van der Waals surface area contributed by atoms with Crippen LogP contribution in [0.4, 0.5) is 0 Å². The van der Waals surface area contributed by atoms with E-state index in [0.717, 1.165) is 6.42 Å². The molecule has 1 aliphatic rings. The van der Waals surface area contributed by atoms with E-state index >= 15 is 0 Å². The van der Waals surface area contributed by atoms with E-state index in [1.807, 2.05) is 11.3 Å². The Labute approximate surface area is 76.5 Å². The van der Waals surface area contributed by atoms with Crippen molar-refractivity contribution in [2.24, 2.45) is 0 Å². The fourth-order valence-electron chi connectivity index (χ4n) is 1.34. The van der Waals surface area contributed by atoms with E-state index in [1.54, 1.807) is 0 Å². The average molecular weight is 179 g/mol. The normalized spacial score (nSPS) is 15.2. The maximum atomic E-state index is 4.58. The van der Waals surface area contributed by atoms with Gasteiger partial charge in [0.15, 0.2) is 0 Å². The van der Waals surface area contributed by atoms with Crippen LogP contribution in [0.25, 0.3) is 12.2 Å². The second-order valence-corrected chi connectivity index (χ2v) is 4.50. The highest BCUT2D eigenvalue weighted by atomic mass is 32.1. The fraction of sp³-hybridized carbons (Fsp3) is 0.500. The molecule has 0 saturated carbocycles. The van der Waals surface area contributed by atoms with Crippen molar-refractivity contribution in [3.63, 3.8) is 0 Å². The molecule has 1 aromatic rings. The van der Waals surface area contributed by atoms with Crippen LogP contribution < -0.4 is 9.88 Å². The van der Waals surface area contributed by atoms with Crippen LogP contribution in [0.1, 0.15) is 37.6 Å². The van der Waals surface area contributed by atoms with Crippen molar-refractivity contribution in [1.82, 2.24) is 4.98 Å². The van der Waals surface area contributed by atoms with Crippen LogP contribution in [0.3, 0.4) is 0 Å². The lowest BCUT2D eigenvalue weighted by molar-refractivity contribution is 0.847. The molecule has 0 amide bonds. The van der Waals surface area contributed by atoms with E-state index < -0.39 is 0 Å². The molecule has 0 bridgehead atoms. The van der Waals surface area contributed by atoms with Crippen LogP contribution in [0.2, 0.25) is 0 Å². The van der Waals surface area contributed by atoms with Crippen LogP contribution in [-0.4, -0.2) is 4.98 Å². The highest BCUT2D eigenvalue weighted by molar-refractivity contribution is 7.09. The molecule has 0 fully saturated rings. The summed E-state index contributed by atoms with van der Waals surface area (Å²) in [5.41, 5.74) is 0. The number of nitrogens with zero attached hydrogens (tertiary/aromatic N) is 1. The van der Waals surface area contributed by atoms with Gasteiger partial charge in [-0.3, -0.25) is 0 Å². The summed E-state index contributed by atoms with van der Waals surface area (Å²) in [7, 11) is 0. The van der Waals surface area contributed by atoms with Gasteiger partial charge in [-0.15, -0.1) is 11.3 Å². The standard InChI is InChI=1S/C10H13NS/c1-7(2)10-11-8-5-3-4-6-9(8)12-10/h5-7H,3-4H2,1-2H3. The second-order valence-electron chi connectivity index (χ2n) is 3.44. The third-order valence-corrected chi connectivity index (χ3v) is 3.39. The molecular weight excluding hydrogens is 166 g/mol. The first-order valence-electron chi connectivity index (χ1n) is 4.44. The Morgan fingerprint density at radius 1 is 1.33 bits per heavy atom. The second kappa shape index (κ2) is 3.02. The third-order valence-electron chi connectivity index (χ3n) is 2.03. The summed E-state index contributed by atoms with van der Waals surface area (Å²) >= 11 is 1.85. The fourth-order valence-corrected chi connectivity index (χ4v) is 2.38. The molecule has 1 aliphatic carbocycles. The number of fused-ring (bicyclic) bond motifs is 1. The van der Waals surface area contributed by atoms with Gasteiger partial charge in [-0.05, 0) is 12.8 Å². The zero-order chi connectivity index (χ0) is 8.55. The van der Waals surface area contributed by atoms with Gasteiger partial charge >= 0.3 is 0 Å². The highest BCUT2D eigenvalue weighted by Crippen LogP contribution is 2.12. The van der Waals surface area contributed by atoms with Crippen molar-refractivity contribution in [3.8, 4) is 0 Å². The Hall–Kier alpha value is -0.630. The molecule has 0 radical (unpaired) electrons. The molecule has 12 heavy (non-hydrogen) atoms. The van der Waals surface area contributed by atoms with E-state index in [-0.39, 0.29) is 0 Å². The van der Waals surface area contributed by atoms with Gasteiger partial charge in [-0.1, -0.05) is 26.0 Å². The Morgan fingerprint density at radius 2 is 2.08 bits per heavy atom. The molecule has 1 heterocycles. The molecular formula is C10H13NS. The summed E-state index contributed by atoms with van der Waals surface area (Å²) in [6.07, 6.45) is 6.90. The number of aromatic nitrogens is 1. The van der Waals surface area contributed by atoms with E-state index in [0.29, 0.717) is 5.92 Å². The number of hydrogen-bond donors (Lipinski definition) is 0. The Bertz CT molecular complexity index is 353. The lowest BCUT2D eigenvalue weighted by Crippen LogP contribution is -2.22. The molecule has 0 spiro atoms. The largest absolute Gasteiger partial charge is 0.241 e. The summed E-state index contributed by atoms with van der Waals surface area (Å²) in [5, 5.41) is 2.49. The van der Waals surface area contributed by atoms with Crippen LogP contribution in [0.15, 0.2) is 0 Å². The molecule has 0 N–H and O–H groups in total. The Balaban J connectivity index is 2.60. The minimum Gasteiger partial charge on any atom is -0.241 e. The first kappa shape index (κ1) is 7.99. The van der Waals surface area contributed by atoms with E-state index in [1.165, 1.54) is 21.3 Å². The minimum absolute atomic E-state index is 0.572. The predicted octanol–water partition coefficient (Wildman–Crippen LogP) is 1.62. The van der Waals surface area contributed by atoms with Crippen LogP contribution in [0, 0.1) is 0 Å². The quantitative estimate of drug-likeness (QED) is 0.638. The van der Waals surface area contributed by atoms with Gasteiger partial charge in [0.05, 0.1) is 14.9 Å². The van der Waals surface area contributed by atoms with Crippen LogP contribution >= 0.6 is 11.3 Å². The number of thiazole rings is 1. The van der Waals surface area contributed by atoms with E-state index in [9.17, 15) is 0 Å². The molecule has 0 aliphatic heterocycles. The summed E-state index contributed by atoms with van der Waals surface area (Å²) < 4.78 is 1.38. The number of hydrogen-bond acceptors (Lipinski definition) is 2. The van der Waals surface area contributed by atoms with E-state index in [4.69, 9.17) is 0 Å². The topological polar surface area (TPSA) is 12.9 Å². The van der Waals surface area contributed by atoms with Crippen molar-refractivity contribution in [3.05, 3.63) is 14.9 Å². The third kappa shape index (κ3) is 1.31. The highest BCUT2D eigenvalue weighted by Gasteiger charge is 2.05. The zero-order valence-corrected chi connectivity index (χ0v) is 8.32. The zero-order valence-electron chi connectivity index (χ0n) is 7.50. The van der Waals surface area contributed by atoms with Crippen molar-refractivity contribution in [2.45, 2.75) is 32.6 Å². The Morgan fingerprint density at radius 3 is 2.75 bits per heavy atom. The molecule has 0 aromatic carbocycles. The monoisotopic (exact) mass is 179 g/mol. The molecule has 0 atom stereocenters. The summed E-state index contributed by atoms with van der Waals surface area (Å²) in [6, 6.07) is 0. The number of rotatable bonds is 1. The van der Waals surface area contributed by atoms with Crippen LogP contribution in [0.5, 0.6) is 0 Å². The van der Waals surface area contributed by atoms with E-state index in [2.05, 4.69) is 31.0 Å².